The lowest BCUT2D eigenvalue weighted by atomic mass is 9.81. The number of hydrogen-bond donors (Lipinski definition) is 2. The molecule has 4 rings (SSSR count). The van der Waals surface area contributed by atoms with Gasteiger partial charge in [0, 0.05) is 44.6 Å². The highest BCUT2D eigenvalue weighted by molar-refractivity contribution is 5.83. The van der Waals surface area contributed by atoms with E-state index in [0.717, 1.165) is 50.8 Å². The standard InChI is InChI=1S/C21H28N2O4/c24-18-7-5-15(6-8-18)9-10-22-11-17-12-23(14-21(17,13-22)20(26)27)19(25)16-3-1-2-4-16/h5-8,16-17,24H,1-4,9-14H2,(H,26,27). The van der Waals surface area contributed by atoms with Crippen molar-refractivity contribution in [3.05, 3.63) is 29.8 Å². The van der Waals surface area contributed by atoms with Gasteiger partial charge in [-0.15, -0.1) is 0 Å². The summed E-state index contributed by atoms with van der Waals surface area (Å²) in [6.45, 7) is 2.99. The molecule has 2 N–H and O–H groups in total. The normalized spacial score (nSPS) is 28.6. The minimum absolute atomic E-state index is 0.0140. The molecule has 146 valence electrons. The Morgan fingerprint density at radius 3 is 2.41 bits per heavy atom. The molecule has 0 bridgehead atoms. The lowest BCUT2D eigenvalue weighted by Crippen LogP contribution is -2.43. The number of phenols is 1. The van der Waals surface area contributed by atoms with Crippen molar-refractivity contribution in [3.63, 3.8) is 0 Å². The zero-order valence-electron chi connectivity index (χ0n) is 15.6. The fourth-order valence-corrected chi connectivity index (χ4v) is 5.19. The van der Waals surface area contributed by atoms with Crippen molar-refractivity contribution in [2.24, 2.45) is 17.3 Å². The van der Waals surface area contributed by atoms with Crippen LogP contribution in [-0.4, -0.2) is 64.6 Å². The molecule has 2 saturated heterocycles. The smallest absolute Gasteiger partial charge is 0.313 e. The average molecular weight is 372 g/mol. The number of hydrogen-bond acceptors (Lipinski definition) is 4. The van der Waals surface area contributed by atoms with Gasteiger partial charge in [-0.2, -0.15) is 0 Å². The molecule has 3 aliphatic rings. The van der Waals surface area contributed by atoms with E-state index in [1.54, 1.807) is 12.1 Å². The first-order chi connectivity index (χ1) is 13.0. The van der Waals surface area contributed by atoms with Crippen LogP contribution in [0.5, 0.6) is 5.75 Å². The quantitative estimate of drug-likeness (QED) is 0.826. The average Bonchev–Trinajstić information content (AvgIpc) is 3.35. The number of phenolic OH excluding ortho intramolecular Hbond substituents is 1. The summed E-state index contributed by atoms with van der Waals surface area (Å²) in [4.78, 5) is 29.0. The van der Waals surface area contributed by atoms with Crippen LogP contribution in [0.15, 0.2) is 24.3 Å². The van der Waals surface area contributed by atoms with Crippen LogP contribution in [0, 0.1) is 17.3 Å². The van der Waals surface area contributed by atoms with Crippen molar-refractivity contribution in [2.75, 3.05) is 32.7 Å². The lowest BCUT2D eigenvalue weighted by Gasteiger charge is -2.27. The summed E-state index contributed by atoms with van der Waals surface area (Å²) in [5, 5.41) is 19.4. The van der Waals surface area contributed by atoms with Gasteiger partial charge >= 0.3 is 5.97 Å². The maximum Gasteiger partial charge on any atom is 0.313 e. The predicted molar refractivity (Wildman–Crippen MR) is 100 cm³/mol. The molecule has 3 fully saturated rings. The number of benzene rings is 1. The molecule has 27 heavy (non-hydrogen) atoms. The number of amides is 1. The number of carboxylic acids is 1. The van der Waals surface area contributed by atoms with Crippen molar-refractivity contribution in [1.29, 1.82) is 0 Å². The summed E-state index contributed by atoms with van der Waals surface area (Å²) in [7, 11) is 0. The molecule has 1 amide bonds. The number of aliphatic carboxylic acids is 1. The van der Waals surface area contributed by atoms with Crippen molar-refractivity contribution < 1.29 is 19.8 Å². The number of likely N-dealkylation sites (tertiary alicyclic amines) is 2. The monoisotopic (exact) mass is 372 g/mol. The zero-order valence-corrected chi connectivity index (χ0v) is 15.6. The molecule has 2 unspecified atom stereocenters. The number of aromatic hydroxyl groups is 1. The van der Waals surface area contributed by atoms with Crippen molar-refractivity contribution in [3.8, 4) is 5.75 Å². The molecule has 1 aromatic carbocycles. The topological polar surface area (TPSA) is 81.1 Å². The molecular weight excluding hydrogens is 344 g/mol. The Morgan fingerprint density at radius 1 is 1.07 bits per heavy atom. The van der Waals surface area contributed by atoms with E-state index in [1.807, 2.05) is 17.0 Å². The Labute approximate surface area is 159 Å². The van der Waals surface area contributed by atoms with E-state index in [-0.39, 0.29) is 23.5 Å². The van der Waals surface area contributed by atoms with Crippen LogP contribution in [0.25, 0.3) is 0 Å². The van der Waals surface area contributed by atoms with Gasteiger partial charge in [0.15, 0.2) is 0 Å². The summed E-state index contributed by atoms with van der Waals surface area (Å²) in [6, 6.07) is 7.17. The highest BCUT2D eigenvalue weighted by atomic mass is 16.4. The third kappa shape index (κ3) is 3.43. The molecule has 2 heterocycles. The molecule has 2 aliphatic heterocycles. The van der Waals surface area contributed by atoms with Crippen LogP contribution in [0.4, 0.5) is 0 Å². The summed E-state index contributed by atoms with van der Waals surface area (Å²) in [5.74, 6) is -0.203. The Hall–Kier alpha value is -2.08. The number of nitrogens with zero attached hydrogens (tertiary/aromatic N) is 2. The van der Waals surface area contributed by atoms with Gasteiger partial charge in [-0.3, -0.25) is 9.59 Å². The van der Waals surface area contributed by atoms with Gasteiger partial charge in [0.05, 0.1) is 0 Å². The second-order valence-electron chi connectivity index (χ2n) is 8.51. The third-order valence-electron chi connectivity index (χ3n) is 6.77. The van der Waals surface area contributed by atoms with Gasteiger partial charge in [-0.1, -0.05) is 25.0 Å². The fraction of sp³-hybridized carbons (Fsp3) is 0.619. The molecule has 2 atom stereocenters. The third-order valence-corrected chi connectivity index (χ3v) is 6.77. The van der Waals surface area contributed by atoms with Gasteiger partial charge in [0.2, 0.25) is 5.91 Å². The summed E-state index contributed by atoms with van der Waals surface area (Å²) >= 11 is 0. The van der Waals surface area contributed by atoms with E-state index in [0.29, 0.717) is 19.6 Å². The van der Waals surface area contributed by atoms with Crippen LogP contribution >= 0.6 is 0 Å². The molecule has 1 aliphatic carbocycles. The summed E-state index contributed by atoms with van der Waals surface area (Å²) in [5.41, 5.74) is 0.315. The first-order valence-electron chi connectivity index (χ1n) is 10.0. The highest BCUT2D eigenvalue weighted by Crippen LogP contribution is 2.44. The van der Waals surface area contributed by atoms with E-state index >= 15 is 0 Å². The first-order valence-corrected chi connectivity index (χ1v) is 10.0. The summed E-state index contributed by atoms with van der Waals surface area (Å²) < 4.78 is 0. The maximum atomic E-state index is 12.8. The molecule has 6 heteroatoms. The van der Waals surface area contributed by atoms with E-state index in [9.17, 15) is 19.8 Å². The second kappa shape index (κ2) is 7.15. The molecule has 6 nitrogen and oxygen atoms in total. The molecule has 1 aromatic rings. The molecule has 0 aromatic heterocycles. The molecule has 0 spiro atoms. The minimum atomic E-state index is -0.816. The Balaban J connectivity index is 1.39. The number of carboxylic acid groups (broad SMARTS) is 1. The zero-order chi connectivity index (χ0) is 19.0. The maximum absolute atomic E-state index is 12.8. The van der Waals surface area contributed by atoms with Crippen LogP contribution in [0.2, 0.25) is 0 Å². The highest BCUT2D eigenvalue weighted by Gasteiger charge is 2.58. The van der Waals surface area contributed by atoms with Gasteiger partial charge in [0.25, 0.3) is 0 Å². The van der Waals surface area contributed by atoms with Crippen LogP contribution < -0.4 is 0 Å². The lowest BCUT2D eigenvalue weighted by molar-refractivity contribution is -0.149. The SMILES string of the molecule is O=C(C1CCCC1)N1CC2CN(CCc3ccc(O)cc3)CC2(C(=O)O)C1. The van der Waals surface area contributed by atoms with Crippen molar-refractivity contribution >= 4 is 11.9 Å². The van der Waals surface area contributed by atoms with E-state index < -0.39 is 11.4 Å². The van der Waals surface area contributed by atoms with Crippen molar-refractivity contribution in [1.82, 2.24) is 9.80 Å². The van der Waals surface area contributed by atoms with Crippen LogP contribution in [0.3, 0.4) is 0 Å². The predicted octanol–water partition coefficient (Wildman–Crippen LogP) is 1.97. The number of carbonyl (C=O) groups excluding carboxylic acids is 1. The number of carbonyl (C=O) groups is 2. The Kier molecular flexibility index (Phi) is 4.84. The van der Waals surface area contributed by atoms with E-state index in [1.165, 1.54) is 0 Å². The number of fused-ring (bicyclic) bond motifs is 1. The van der Waals surface area contributed by atoms with Gasteiger partial charge < -0.3 is 20.0 Å². The number of rotatable bonds is 5. The van der Waals surface area contributed by atoms with Crippen molar-refractivity contribution in [2.45, 2.75) is 32.1 Å². The molecule has 1 saturated carbocycles. The van der Waals surface area contributed by atoms with Gasteiger partial charge in [-0.05, 0) is 37.0 Å². The van der Waals surface area contributed by atoms with Gasteiger partial charge in [-0.25, -0.2) is 0 Å². The second-order valence-corrected chi connectivity index (χ2v) is 8.51. The molecule has 0 radical (unpaired) electrons. The first kappa shape index (κ1) is 18.3. The van der Waals surface area contributed by atoms with E-state index in [4.69, 9.17) is 0 Å². The van der Waals surface area contributed by atoms with Gasteiger partial charge in [0.1, 0.15) is 11.2 Å². The Bertz CT molecular complexity index is 713. The fourth-order valence-electron chi connectivity index (χ4n) is 5.19. The van der Waals surface area contributed by atoms with Crippen LogP contribution in [-0.2, 0) is 16.0 Å². The Morgan fingerprint density at radius 2 is 1.78 bits per heavy atom. The van der Waals surface area contributed by atoms with E-state index in [2.05, 4.69) is 4.90 Å². The largest absolute Gasteiger partial charge is 0.508 e. The summed E-state index contributed by atoms with van der Waals surface area (Å²) in [6.07, 6.45) is 4.97. The van der Waals surface area contributed by atoms with Crippen LogP contribution in [0.1, 0.15) is 31.2 Å². The molecular formula is C21H28N2O4. The minimum Gasteiger partial charge on any atom is -0.508 e.